The van der Waals surface area contributed by atoms with Gasteiger partial charge in [0.15, 0.2) is 6.04 Å². The summed E-state index contributed by atoms with van der Waals surface area (Å²) in [6, 6.07) is -1.78. The van der Waals surface area contributed by atoms with Crippen LogP contribution in [0.2, 0.25) is 0 Å². The molecule has 0 saturated carbocycles. The molecule has 0 saturated heterocycles. The molecule has 0 rings (SSSR count). The van der Waals surface area contributed by atoms with E-state index in [2.05, 4.69) is 19.1 Å². The van der Waals surface area contributed by atoms with Gasteiger partial charge in [-0.2, -0.15) is 0 Å². The summed E-state index contributed by atoms with van der Waals surface area (Å²) in [5, 5.41) is 30.8. The van der Waals surface area contributed by atoms with Crippen molar-refractivity contribution in [3.05, 3.63) is 12.2 Å². The second-order valence-electron chi connectivity index (χ2n) is 6.15. The molecule has 0 aromatic heterocycles. The number of carboxylic acids is 2. The fourth-order valence-electron chi connectivity index (χ4n) is 3.59. The summed E-state index contributed by atoms with van der Waals surface area (Å²) in [5.41, 5.74) is 0. The Hall–Kier alpha value is -0.803. The first-order valence-corrected chi connectivity index (χ1v) is 8.97. The van der Waals surface area contributed by atoms with Crippen LogP contribution in [-0.2, 0) is 9.59 Å². The Kier molecular flexibility index (Phi) is 15.2. The monoisotopic (exact) mass is 350 g/mol. The minimum Gasteiger partial charge on any atom is -0.544 e. The largest absolute Gasteiger partial charge is 1.00 e. The number of nitrogens with zero attached hydrogens (tertiary/aromatic N) is 1. The van der Waals surface area contributed by atoms with E-state index >= 15 is 0 Å². The Bertz CT molecular complexity index is 392. The zero-order valence-corrected chi connectivity index (χ0v) is 16.2. The molecule has 6 nitrogen and oxygen atoms in total. The maximum Gasteiger partial charge on any atom is 1.00 e. The molecule has 0 aromatic rings. The van der Waals surface area contributed by atoms with Crippen LogP contribution in [0, 0.1) is 0 Å². The van der Waals surface area contributed by atoms with Gasteiger partial charge >= 0.3 is 24.8 Å². The molecule has 0 fully saturated rings. The van der Waals surface area contributed by atoms with E-state index in [4.69, 9.17) is 0 Å². The fraction of sp³-hybridized carbons (Fsp3) is 0.778. The summed E-state index contributed by atoms with van der Waals surface area (Å²) in [6.07, 6.45) is 8.20. The number of aliphatic hydroxyl groups is 1. The van der Waals surface area contributed by atoms with E-state index in [9.17, 15) is 24.9 Å². The molecule has 2 N–H and O–H groups in total. The zero-order chi connectivity index (χ0) is 18.6. The average Bonchev–Trinajstić information content (AvgIpc) is 2.51. The summed E-state index contributed by atoms with van der Waals surface area (Å²) in [5.74, 6) is -2.26. The molecule has 0 amide bonds. The summed E-state index contributed by atoms with van der Waals surface area (Å²) < 4.78 is -0.140. The van der Waals surface area contributed by atoms with Gasteiger partial charge in [-0.3, -0.25) is 0 Å². The van der Waals surface area contributed by atoms with Crippen LogP contribution in [0.25, 0.3) is 0 Å². The third-order valence-electron chi connectivity index (χ3n) is 4.69. The number of rotatable bonds is 14. The summed E-state index contributed by atoms with van der Waals surface area (Å²) in [7, 11) is 0. The molecule has 7 heteroatoms. The molecule has 3 atom stereocenters. The average molecular weight is 350 g/mol. The molecule has 0 aliphatic heterocycles. The SMILES string of the molecule is CC/C=C/CCCC[N+](CCO)(C(CC)C(=O)[O-])C(CC)C(=O)O.[Li+]. The fourth-order valence-corrected chi connectivity index (χ4v) is 3.59. The van der Waals surface area contributed by atoms with Crippen LogP contribution in [0.3, 0.4) is 0 Å². The van der Waals surface area contributed by atoms with Gasteiger partial charge in [0, 0.05) is 12.8 Å². The van der Waals surface area contributed by atoms with Crippen molar-refractivity contribution < 1.29 is 48.3 Å². The molecule has 3 unspecified atom stereocenters. The van der Waals surface area contributed by atoms with Crippen molar-refractivity contribution >= 4 is 11.9 Å². The number of aliphatic carboxylic acids is 2. The number of allylic oxidation sites excluding steroid dienone is 2. The first-order chi connectivity index (χ1) is 11.4. The predicted octanol–water partition coefficient (Wildman–Crippen LogP) is -1.67. The zero-order valence-electron chi connectivity index (χ0n) is 16.2. The van der Waals surface area contributed by atoms with Gasteiger partial charge in [-0.15, -0.1) is 0 Å². The Balaban J connectivity index is 0. The first kappa shape index (κ1) is 26.4. The normalized spacial score (nSPS) is 16.0. The van der Waals surface area contributed by atoms with Crippen LogP contribution in [0.5, 0.6) is 0 Å². The van der Waals surface area contributed by atoms with E-state index in [-0.39, 0.29) is 42.9 Å². The molecular formula is C18H33LiNO5+. The Morgan fingerprint density at radius 1 is 1.04 bits per heavy atom. The van der Waals surface area contributed by atoms with Gasteiger partial charge < -0.3 is 24.6 Å². The summed E-state index contributed by atoms with van der Waals surface area (Å²) in [6.45, 7) is 5.81. The van der Waals surface area contributed by atoms with Crippen LogP contribution in [-0.4, -0.2) is 58.4 Å². The number of carbonyl (C=O) groups is 2. The molecule has 25 heavy (non-hydrogen) atoms. The van der Waals surface area contributed by atoms with Gasteiger partial charge in [0.25, 0.3) is 0 Å². The molecule has 0 bridgehead atoms. The van der Waals surface area contributed by atoms with Crippen molar-refractivity contribution in [3.8, 4) is 0 Å². The van der Waals surface area contributed by atoms with Gasteiger partial charge in [-0.05, 0) is 25.7 Å². The van der Waals surface area contributed by atoms with E-state index in [1.54, 1.807) is 13.8 Å². The van der Waals surface area contributed by atoms with Crippen LogP contribution < -0.4 is 24.0 Å². The number of aliphatic hydroxyl groups excluding tert-OH is 1. The smallest absolute Gasteiger partial charge is 0.544 e. The number of carbonyl (C=O) groups excluding carboxylic acids is 1. The first-order valence-electron chi connectivity index (χ1n) is 8.97. The second-order valence-corrected chi connectivity index (χ2v) is 6.15. The maximum atomic E-state index is 11.7. The summed E-state index contributed by atoms with van der Waals surface area (Å²) in [4.78, 5) is 23.4. The van der Waals surface area contributed by atoms with Crippen molar-refractivity contribution in [2.45, 2.75) is 71.4 Å². The van der Waals surface area contributed by atoms with Crippen molar-refractivity contribution in [1.82, 2.24) is 0 Å². The third-order valence-corrected chi connectivity index (χ3v) is 4.69. The van der Waals surface area contributed by atoms with Crippen LogP contribution >= 0.6 is 0 Å². The van der Waals surface area contributed by atoms with Crippen molar-refractivity contribution in [2.75, 3.05) is 19.7 Å². The molecule has 0 aliphatic carbocycles. The molecule has 0 aliphatic rings. The Labute approximate surface area is 163 Å². The van der Waals surface area contributed by atoms with Crippen molar-refractivity contribution in [1.29, 1.82) is 0 Å². The Morgan fingerprint density at radius 2 is 1.64 bits per heavy atom. The number of hydrogen-bond acceptors (Lipinski definition) is 4. The van der Waals surface area contributed by atoms with Gasteiger partial charge in [0.05, 0.1) is 19.1 Å². The maximum absolute atomic E-state index is 11.7. The molecule has 0 aromatic carbocycles. The van der Waals surface area contributed by atoms with E-state index in [1.807, 2.05) is 0 Å². The van der Waals surface area contributed by atoms with E-state index in [1.165, 1.54) is 0 Å². The second kappa shape index (κ2) is 14.4. The van der Waals surface area contributed by atoms with E-state index in [0.29, 0.717) is 19.4 Å². The summed E-state index contributed by atoms with van der Waals surface area (Å²) >= 11 is 0. The van der Waals surface area contributed by atoms with Crippen LogP contribution in [0.1, 0.15) is 59.3 Å². The van der Waals surface area contributed by atoms with Crippen molar-refractivity contribution in [3.63, 3.8) is 0 Å². The van der Waals surface area contributed by atoms with E-state index < -0.39 is 24.0 Å². The van der Waals surface area contributed by atoms with Gasteiger partial charge in [-0.25, -0.2) is 4.79 Å². The molecule has 0 radical (unpaired) electrons. The number of unbranched alkanes of at least 4 members (excludes halogenated alkanes) is 2. The van der Waals surface area contributed by atoms with Crippen molar-refractivity contribution in [2.24, 2.45) is 0 Å². The van der Waals surface area contributed by atoms with Gasteiger partial charge in [0.2, 0.25) is 0 Å². The molecular weight excluding hydrogens is 317 g/mol. The molecule has 0 heterocycles. The topological polar surface area (TPSA) is 97.7 Å². The van der Waals surface area contributed by atoms with Gasteiger partial charge in [-0.1, -0.05) is 32.9 Å². The van der Waals surface area contributed by atoms with Crippen LogP contribution in [0.15, 0.2) is 12.2 Å². The predicted molar refractivity (Wildman–Crippen MR) is 91.2 cm³/mol. The minimum absolute atomic E-state index is 0. The Morgan fingerprint density at radius 3 is 2.04 bits per heavy atom. The van der Waals surface area contributed by atoms with E-state index in [0.717, 1.165) is 19.3 Å². The molecule has 0 spiro atoms. The van der Waals surface area contributed by atoms with Crippen LogP contribution in [0.4, 0.5) is 0 Å². The van der Waals surface area contributed by atoms with Gasteiger partial charge in [0.1, 0.15) is 12.6 Å². The molecule has 140 valence electrons. The minimum atomic E-state index is -1.24. The quantitative estimate of drug-likeness (QED) is 0.169. The number of carboxylic acid groups (broad SMARTS) is 2. The number of hydrogen-bond donors (Lipinski definition) is 2. The standard InChI is InChI=1S/C18H33NO5.Li/c1-4-7-8-9-10-11-12-19(13-14-20,15(5-2)17(21)22)16(6-3)18(23)24;/h7-8,15-16,20H,4-6,9-14H2,1-3H3,(H-,21,22,23,24);/q;+1/b8-7+;. The third kappa shape index (κ3) is 7.96. The number of quaternary nitrogens is 1.